The fourth-order valence-electron chi connectivity index (χ4n) is 3.26. The van der Waals surface area contributed by atoms with E-state index in [0.29, 0.717) is 18.7 Å². The highest BCUT2D eigenvalue weighted by Gasteiger charge is 2.36. The maximum absolute atomic E-state index is 12.9. The Bertz CT molecular complexity index is 707. The molecule has 1 aliphatic heterocycles. The Hall–Kier alpha value is -1.85. The van der Waals surface area contributed by atoms with Gasteiger partial charge in [-0.25, -0.2) is 0 Å². The largest absolute Gasteiger partial charge is 0.394 e. The fourth-order valence-corrected chi connectivity index (χ4v) is 3.26. The van der Waals surface area contributed by atoms with E-state index >= 15 is 0 Å². The van der Waals surface area contributed by atoms with Crippen molar-refractivity contribution in [3.63, 3.8) is 0 Å². The summed E-state index contributed by atoms with van der Waals surface area (Å²) in [5, 5.41) is 10.6. The van der Waals surface area contributed by atoms with Gasteiger partial charge in [0, 0.05) is 24.6 Å². The van der Waals surface area contributed by atoms with Crippen molar-refractivity contribution in [3.8, 4) is 0 Å². The Labute approximate surface area is 129 Å². The summed E-state index contributed by atoms with van der Waals surface area (Å²) in [4.78, 5) is 17.8. The molecule has 0 spiro atoms. The van der Waals surface area contributed by atoms with Gasteiger partial charge in [-0.05, 0) is 38.0 Å². The SMILES string of the molecule is CO[C@@H]1C[C@@H](CO)N(C(=O)c2[nH]c3ccc(C)cc3c2C)C1. The number of benzene rings is 1. The number of H-pyrrole nitrogens is 1. The lowest BCUT2D eigenvalue weighted by atomic mass is 10.1. The van der Waals surface area contributed by atoms with Gasteiger partial charge in [0.2, 0.25) is 0 Å². The van der Waals surface area contributed by atoms with Crippen molar-refractivity contribution in [2.45, 2.75) is 32.4 Å². The molecule has 0 bridgehead atoms. The highest BCUT2D eigenvalue weighted by Crippen LogP contribution is 2.27. The number of carbonyl (C=O) groups is 1. The molecule has 5 heteroatoms. The second-order valence-electron chi connectivity index (χ2n) is 6.06. The van der Waals surface area contributed by atoms with Gasteiger partial charge in [-0.3, -0.25) is 4.79 Å². The summed E-state index contributed by atoms with van der Waals surface area (Å²) >= 11 is 0. The Morgan fingerprint density at radius 1 is 1.45 bits per heavy atom. The van der Waals surface area contributed by atoms with E-state index in [1.165, 1.54) is 5.56 Å². The Balaban J connectivity index is 1.96. The van der Waals surface area contributed by atoms with E-state index in [1.54, 1.807) is 12.0 Å². The lowest BCUT2D eigenvalue weighted by molar-refractivity contribution is 0.0642. The molecule has 5 nitrogen and oxygen atoms in total. The number of methoxy groups -OCH3 is 1. The number of aromatic amines is 1. The number of nitrogens with zero attached hydrogens (tertiary/aromatic N) is 1. The zero-order valence-electron chi connectivity index (χ0n) is 13.2. The van der Waals surface area contributed by atoms with Crippen molar-refractivity contribution in [1.82, 2.24) is 9.88 Å². The number of hydrogen-bond donors (Lipinski definition) is 2. The fraction of sp³-hybridized carbons (Fsp3) is 0.471. The predicted molar refractivity (Wildman–Crippen MR) is 85.1 cm³/mol. The molecule has 22 heavy (non-hydrogen) atoms. The van der Waals surface area contributed by atoms with E-state index in [1.807, 2.05) is 26.0 Å². The molecule has 118 valence electrons. The molecule has 0 unspecified atom stereocenters. The van der Waals surface area contributed by atoms with Crippen LogP contribution >= 0.6 is 0 Å². The molecule has 0 saturated carbocycles. The van der Waals surface area contributed by atoms with Gasteiger partial charge in [-0.1, -0.05) is 11.6 Å². The van der Waals surface area contributed by atoms with Crippen molar-refractivity contribution >= 4 is 16.8 Å². The molecule has 1 saturated heterocycles. The van der Waals surface area contributed by atoms with E-state index in [4.69, 9.17) is 4.74 Å². The molecule has 2 aromatic rings. The summed E-state index contributed by atoms with van der Waals surface area (Å²) in [6.45, 7) is 4.49. The van der Waals surface area contributed by atoms with Gasteiger partial charge in [-0.2, -0.15) is 0 Å². The van der Waals surface area contributed by atoms with Gasteiger partial charge in [-0.15, -0.1) is 0 Å². The maximum atomic E-state index is 12.9. The first-order valence-corrected chi connectivity index (χ1v) is 7.58. The third kappa shape index (κ3) is 2.40. The average molecular weight is 302 g/mol. The quantitative estimate of drug-likeness (QED) is 0.911. The monoisotopic (exact) mass is 302 g/mol. The highest BCUT2D eigenvalue weighted by molar-refractivity contribution is 6.01. The molecular formula is C17H22N2O3. The molecule has 1 aromatic carbocycles. The van der Waals surface area contributed by atoms with Crippen LogP contribution in [-0.2, 0) is 4.74 Å². The maximum Gasteiger partial charge on any atom is 0.271 e. The molecule has 1 aliphatic rings. The van der Waals surface area contributed by atoms with Crippen LogP contribution in [0.1, 0.15) is 28.0 Å². The van der Waals surface area contributed by atoms with Crippen LogP contribution < -0.4 is 0 Å². The number of aliphatic hydroxyl groups is 1. The first kappa shape index (κ1) is 15.1. The minimum atomic E-state index is -0.176. The molecule has 2 N–H and O–H groups in total. The molecule has 3 rings (SSSR count). The summed E-state index contributed by atoms with van der Waals surface area (Å²) in [5.41, 5.74) is 3.70. The first-order valence-electron chi connectivity index (χ1n) is 7.58. The number of aryl methyl sites for hydroxylation is 2. The first-order chi connectivity index (χ1) is 10.5. The molecule has 0 aliphatic carbocycles. The van der Waals surface area contributed by atoms with Crippen LogP contribution in [0.25, 0.3) is 10.9 Å². The van der Waals surface area contributed by atoms with Gasteiger partial charge < -0.3 is 19.7 Å². The molecule has 1 aromatic heterocycles. The number of aromatic nitrogens is 1. The topological polar surface area (TPSA) is 65.6 Å². The third-order valence-corrected chi connectivity index (χ3v) is 4.61. The normalized spacial score (nSPS) is 21.7. The lowest BCUT2D eigenvalue weighted by Gasteiger charge is -2.22. The lowest BCUT2D eigenvalue weighted by Crippen LogP contribution is -2.38. The van der Waals surface area contributed by atoms with E-state index in [0.717, 1.165) is 16.5 Å². The van der Waals surface area contributed by atoms with Gasteiger partial charge >= 0.3 is 0 Å². The number of ether oxygens (including phenoxy) is 1. The number of aliphatic hydroxyl groups excluding tert-OH is 1. The number of rotatable bonds is 3. The zero-order chi connectivity index (χ0) is 15.9. The van der Waals surface area contributed by atoms with Crippen molar-refractivity contribution in [1.29, 1.82) is 0 Å². The van der Waals surface area contributed by atoms with E-state index < -0.39 is 0 Å². The average Bonchev–Trinajstić information content (AvgIpc) is 3.08. The number of carbonyl (C=O) groups excluding carboxylic acids is 1. The van der Waals surface area contributed by atoms with Gasteiger partial charge in [0.25, 0.3) is 5.91 Å². The minimum Gasteiger partial charge on any atom is -0.394 e. The van der Waals surface area contributed by atoms with E-state index in [-0.39, 0.29) is 24.7 Å². The number of amides is 1. The Morgan fingerprint density at radius 3 is 2.91 bits per heavy atom. The predicted octanol–water partition coefficient (Wildman–Crippen LogP) is 2.01. The number of hydrogen-bond acceptors (Lipinski definition) is 3. The smallest absolute Gasteiger partial charge is 0.271 e. The summed E-state index contributed by atoms with van der Waals surface area (Å²) in [5.74, 6) is -0.0649. The van der Waals surface area contributed by atoms with Gasteiger partial charge in [0.15, 0.2) is 0 Å². The van der Waals surface area contributed by atoms with E-state index in [2.05, 4.69) is 11.1 Å². The van der Waals surface area contributed by atoms with Crippen LogP contribution in [0.2, 0.25) is 0 Å². The number of fused-ring (bicyclic) bond motifs is 1. The molecule has 1 amide bonds. The van der Waals surface area contributed by atoms with Crippen molar-refractivity contribution in [2.75, 3.05) is 20.3 Å². The van der Waals surface area contributed by atoms with Crippen LogP contribution in [0, 0.1) is 13.8 Å². The molecule has 2 heterocycles. The minimum absolute atomic E-state index is 0.00645. The van der Waals surface area contributed by atoms with E-state index in [9.17, 15) is 9.90 Å². The van der Waals surface area contributed by atoms with Gasteiger partial charge in [0.1, 0.15) is 5.69 Å². The number of nitrogens with one attached hydrogen (secondary N) is 1. The molecule has 1 fully saturated rings. The van der Waals surface area contributed by atoms with Crippen LogP contribution in [-0.4, -0.2) is 53.3 Å². The number of likely N-dealkylation sites (tertiary alicyclic amines) is 1. The zero-order valence-corrected chi connectivity index (χ0v) is 13.2. The Kier molecular flexibility index (Phi) is 3.93. The summed E-state index contributed by atoms with van der Waals surface area (Å²) in [6.07, 6.45) is 0.671. The molecule has 0 radical (unpaired) electrons. The second-order valence-corrected chi connectivity index (χ2v) is 6.06. The Morgan fingerprint density at radius 2 is 2.23 bits per heavy atom. The van der Waals surface area contributed by atoms with Crippen LogP contribution in [0.3, 0.4) is 0 Å². The van der Waals surface area contributed by atoms with Crippen molar-refractivity contribution in [2.24, 2.45) is 0 Å². The standard InChI is InChI=1S/C17H22N2O3/c1-10-4-5-15-14(6-10)11(2)16(18-15)17(21)19-8-13(22-3)7-12(19)9-20/h4-6,12-13,18,20H,7-9H2,1-3H3/t12-,13+/m0/s1. The summed E-state index contributed by atoms with van der Waals surface area (Å²) in [7, 11) is 1.64. The summed E-state index contributed by atoms with van der Waals surface area (Å²) < 4.78 is 5.35. The third-order valence-electron chi connectivity index (χ3n) is 4.61. The molecule has 2 atom stereocenters. The van der Waals surface area contributed by atoms with Gasteiger partial charge in [0.05, 0.1) is 18.8 Å². The van der Waals surface area contributed by atoms with Crippen molar-refractivity contribution in [3.05, 3.63) is 35.0 Å². The van der Waals surface area contributed by atoms with Crippen molar-refractivity contribution < 1.29 is 14.6 Å². The summed E-state index contributed by atoms with van der Waals surface area (Å²) in [6, 6.07) is 5.94. The van der Waals surface area contributed by atoms with Crippen LogP contribution in [0.4, 0.5) is 0 Å². The molecular weight excluding hydrogens is 280 g/mol. The second kappa shape index (κ2) is 5.74. The highest BCUT2D eigenvalue weighted by atomic mass is 16.5. The van der Waals surface area contributed by atoms with Crippen LogP contribution in [0.5, 0.6) is 0 Å². The van der Waals surface area contributed by atoms with Crippen LogP contribution in [0.15, 0.2) is 18.2 Å².